The van der Waals surface area contributed by atoms with Crippen molar-refractivity contribution in [2.75, 3.05) is 6.54 Å². The third-order valence-corrected chi connectivity index (χ3v) is 2.77. The lowest BCUT2D eigenvalue weighted by Gasteiger charge is -1.95. The zero-order chi connectivity index (χ0) is 8.81. The summed E-state index contributed by atoms with van der Waals surface area (Å²) in [7, 11) is 0. The number of allylic oxidation sites excluding steroid dienone is 2. The summed E-state index contributed by atoms with van der Waals surface area (Å²) in [6, 6.07) is 4.24. The van der Waals surface area contributed by atoms with Crippen LogP contribution in [0.5, 0.6) is 0 Å². The normalized spacial score (nSPS) is 12.0. The Hall–Kier alpha value is -0.600. The molecule has 1 aromatic heterocycles. The highest BCUT2D eigenvalue weighted by Gasteiger charge is 1.93. The summed E-state index contributed by atoms with van der Waals surface area (Å²) in [6.45, 7) is 2.94. The molecule has 1 aromatic rings. The maximum absolute atomic E-state index is 5.41. The molecule has 0 fully saturated rings. The van der Waals surface area contributed by atoms with Crippen molar-refractivity contribution in [2.24, 2.45) is 5.73 Å². The molecule has 0 amide bonds. The zero-order valence-corrected chi connectivity index (χ0v) is 8.23. The first kappa shape index (κ1) is 9.49. The summed E-state index contributed by atoms with van der Waals surface area (Å²) >= 11 is 1.79. The molecule has 0 aliphatic heterocycles. The molecule has 0 aliphatic carbocycles. The summed E-state index contributed by atoms with van der Waals surface area (Å²) in [4.78, 5) is 1.37. The van der Waals surface area contributed by atoms with Gasteiger partial charge in [-0.25, -0.2) is 0 Å². The van der Waals surface area contributed by atoms with E-state index in [1.54, 1.807) is 11.3 Å². The standard InChI is InChI=1S/C10H15NS/c1-9(5-2-3-7-11)10-6-4-8-12-10/h4-6,8H,2-3,7,11H2,1H3/b9-5+. The molecule has 0 spiro atoms. The van der Waals surface area contributed by atoms with Crippen LogP contribution in [-0.4, -0.2) is 6.54 Å². The average molecular weight is 181 g/mol. The molecule has 12 heavy (non-hydrogen) atoms. The first-order valence-corrected chi connectivity index (χ1v) is 5.13. The summed E-state index contributed by atoms with van der Waals surface area (Å²) in [6.07, 6.45) is 4.45. The van der Waals surface area contributed by atoms with Crippen molar-refractivity contribution >= 4 is 16.9 Å². The first-order valence-electron chi connectivity index (χ1n) is 4.25. The Kier molecular flexibility index (Phi) is 4.05. The molecule has 1 rings (SSSR count). The van der Waals surface area contributed by atoms with E-state index in [0.29, 0.717) is 0 Å². The molecule has 0 atom stereocenters. The Morgan fingerprint density at radius 2 is 2.50 bits per heavy atom. The highest BCUT2D eigenvalue weighted by Crippen LogP contribution is 2.19. The number of nitrogens with two attached hydrogens (primary N) is 1. The molecule has 0 saturated carbocycles. The minimum Gasteiger partial charge on any atom is -0.330 e. The highest BCUT2D eigenvalue weighted by molar-refractivity contribution is 7.11. The van der Waals surface area contributed by atoms with Crippen LogP contribution in [0.1, 0.15) is 24.6 Å². The molecule has 2 heteroatoms. The minimum absolute atomic E-state index is 0.786. The predicted octanol–water partition coefficient (Wildman–Crippen LogP) is 2.89. The van der Waals surface area contributed by atoms with Crippen LogP contribution in [0.4, 0.5) is 0 Å². The molecular formula is C10H15NS. The van der Waals surface area contributed by atoms with Crippen LogP contribution in [-0.2, 0) is 0 Å². The van der Waals surface area contributed by atoms with E-state index < -0.39 is 0 Å². The highest BCUT2D eigenvalue weighted by atomic mass is 32.1. The second kappa shape index (κ2) is 5.12. The van der Waals surface area contributed by atoms with Gasteiger partial charge in [-0.15, -0.1) is 11.3 Å². The van der Waals surface area contributed by atoms with Crippen LogP contribution < -0.4 is 5.73 Å². The number of unbranched alkanes of at least 4 members (excludes halogenated alkanes) is 1. The SMILES string of the molecule is C/C(=C\CCCN)c1cccs1. The smallest absolute Gasteiger partial charge is 0.0296 e. The number of rotatable bonds is 4. The van der Waals surface area contributed by atoms with E-state index in [1.807, 2.05) is 0 Å². The Morgan fingerprint density at radius 1 is 1.67 bits per heavy atom. The van der Waals surface area contributed by atoms with Gasteiger partial charge in [0.05, 0.1) is 0 Å². The number of hydrogen-bond acceptors (Lipinski definition) is 2. The lowest BCUT2D eigenvalue weighted by molar-refractivity contribution is 0.855. The van der Waals surface area contributed by atoms with Crippen LogP contribution in [0.3, 0.4) is 0 Å². The van der Waals surface area contributed by atoms with Crippen LogP contribution in [0.2, 0.25) is 0 Å². The molecule has 1 nitrogen and oxygen atoms in total. The number of thiophene rings is 1. The van der Waals surface area contributed by atoms with Gasteiger partial charge < -0.3 is 5.73 Å². The Balaban J connectivity index is 2.47. The van der Waals surface area contributed by atoms with Gasteiger partial charge in [-0.3, -0.25) is 0 Å². The molecule has 0 unspecified atom stereocenters. The van der Waals surface area contributed by atoms with Crippen LogP contribution in [0, 0.1) is 0 Å². The van der Waals surface area contributed by atoms with Crippen molar-refractivity contribution in [3.63, 3.8) is 0 Å². The van der Waals surface area contributed by atoms with E-state index in [0.717, 1.165) is 19.4 Å². The fraction of sp³-hybridized carbons (Fsp3) is 0.400. The zero-order valence-electron chi connectivity index (χ0n) is 7.42. The molecule has 0 aliphatic rings. The molecule has 0 radical (unpaired) electrons. The van der Waals surface area contributed by atoms with E-state index in [-0.39, 0.29) is 0 Å². The minimum atomic E-state index is 0.786. The van der Waals surface area contributed by atoms with Crippen molar-refractivity contribution in [2.45, 2.75) is 19.8 Å². The van der Waals surface area contributed by atoms with Gasteiger partial charge in [0.2, 0.25) is 0 Å². The van der Waals surface area contributed by atoms with Crippen molar-refractivity contribution in [3.05, 3.63) is 28.5 Å². The van der Waals surface area contributed by atoms with Gasteiger partial charge in [0, 0.05) is 4.88 Å². The topological polar surface area (TPSA) is 26.0 Å². The van der Waals surface area contributed by atoms with Gasteiger partial charge in [0.25, 0.3) is 0 Å². The molecule has 66 valence electrons. The van der Waals surface area contributed by atoms with Gasteiger partial charge in [-0.1, -0.05) is 12.1 Å². The van der Waals surface area contributed by atoms with E-state index in [9.17, 15) is 0 Å². The predicted molar refractivity (Wildman–Crippen MR) is 56.3 cm³/mol. The van der Waals surface area contributed by atoms with Crippen molar-refractivity contribution in [1.29, 1.82) is 0 Å². The molecule has 0 aromatic carbocycles. The maximum Gasteiger partial charge on any atom is 0.0296 e. The summed E-state index contributed by atoms with van der Waals surface area (Å²) in [5, 5.41) is 2.11. The largest absolute Gasteiger partial charge is 0.330 e. The second-order valence-electron chi connectivity index (χ2n) is 2.80. The maximum atomic E-state index is 5.41. The Labute approximate surface area is 77.9 Å². The van der Waals surface area contributed by atoms with Gasteiger partial charge in [0.15, 0.2) is 0 Å². The van der Waals surface area contributed by atoms with Crippen molar-refractivity contribution in [3.8, 4) is 0 Å². The molecular weight excluding hydrogens is 166 g/mol. The molecule has 0 bridgehead atoms. The van der Waals surface area contributed by atoms with Gasteiger partial charge in [0.1, 0.15) is 0 Å². The van der Waals surface area contributed by atoms with Crippen LogP contribution in [0.15, 0.2) is 23.6 Å². The third kappa shape index (κ3) is 2.80. The third-order valence-electron chi connectivity index (χ3n) is 1.77. The molecule has 0 saturated heterocycles. The van der Waals surface area contributed by atoms with E-state index in [4.69, 9.17) is 5.73 Å². The average Bonchev–Trinajstić information content (AvgIpc) is 2.56. The van der Waals surface area contributed by atoms with Crippen molar-refractivity contribution in [1.82, 2.24) is 0 Å². The lowest BCUT2D eigenvalue weighted by atomic mass is 10.2. The first-order chi connectivity index (χ1) is 5.84. The van der Waals surface area contributed by atoms with E-state index >= 15 is 0 Å². The molecule has 1 heterocycles. The van der Waals surface area contributed by atoms with Crippen molar-refractivity contribution < 1.29 is 0 Å². The summed E-state index contributed by atoms with van der Waals surface area (Å²) in [5.41, 5.74) is 6.78. The van der Waals surface area contributed by atoms with Crippen LogP contribution >= 0.6 is 11.3 Å². The fourth-order valence-corrected chi connectivity index (χ4v) is 1.77. The lowest BCUT2D eigenvalue weighted by Crippen LogP contribution is -1.96. The molecule has 2 N–H and O–H groups in total. The summed E-state index contributed by atoms with van der Waals surface area (Å²) < 4.78 is 0. The number of hydrogen-bond donors (Lipinski definition) is 1. The van der Waals surface area contributed by atoms with E-state index in [2.05, 4.69) is 30.5 Å². The van der Waals surface area contributed by atoms with Crippen LogP contribution in [0.25, 0.3) is 5.57 Å². The monoisotopic (exact) mass is 181 g/mol. The quantitative estimate of drug-likeness (QED) is 0.710. The second-order valence-corrected chi connectivity index (χ2v) is 3.74. The Bertz CT molecular complexity index is 236. The fourth-order valence-electron chi connectivity index (χ4n) is 1.04. The Morgan fingerprint density at radius 3 is 3.08 bits per heavy atom. The van der Waals surface area contributed by atoms with E-state index in [1.165, 1.54) is 10.5 Å². The van der Waals surface area contributed by atoms with Gasteiger partial charge >= 0.3 is 0 Å². The summed E-state index contributed by atoms with van der Waals surface area (Å²) in [5.74, 6) is 0. The van der Waals surface area contributed by atoms with Gasteiger partial charge in [-0.05, 0) is 43.3 Å². The van der Waals surface area contributed by atoms with Gasteiger partial charge in [-0.2, -0.15) is 0 Å².